The molecular weight excluding hydrogens is 404 g/mol. The number of aromatic nitrogens is 2. The van der Waals surface area contributed by atoms with Gasteiger partial charge in [0.25, 0.3) is 5.69 Å². The molecule has 9 heteroatoms. The van der Waals surface area contributed by atoms with Crippen LogP contribution in [0.1, 0.15) is 24.4 Å². The van der Waals surface area contributed by atoms with E-state index in [1.807, 2.05) is 42.1 Å². The van der Waals surface area contributed by atoms with E-state index in [0.29, 0.717) is 5.82 Å². The van der Waals surface area contributed by atoms with Gasteiger partial charge in [0.15, 0.2) is 0 Å². The van der Waals surface area contributed by atoms with Gasteiger partial charge in [0.05, 0.1) is 17.3 Å². The minimum atomic E-state index is -0.448. The molecule has 1 amide bonds. The number of non-ortho nitro benzene ring substituents is 1. The molecular formula is C21H22N4O4S. The summed E-state index contributed by atoms with van der Waals surface area (Å²) in [5.41, 5.74) is 0.900. The summed E-state index contributed by atoms with van der Waals surface area (Å²) in [6, 6.07) is 13.2. The predicted octanol–water partition coefficient (Wildman–Crippen LogP) is 3.72. The van der Waals surface area contributed by atoms with Crippen LogP contribution in [0.5, 0.6) is 5.75 Å². The molecule has 2 unspecified atom stereocenters. The molecule has 1 aromatic heterocycles. The average Bonchev–Trinajstić information content (AvgIpc) is 3.17. The molecule has 0 aliphatic carbocycles. The van der Waals surface area contributed by atoms with Crippen molar-refractivity contribution < 1.29 is 14.5 Å². The first kappa shape index (κ1) is 21.4. The van der Waals surface area contributed by atoms with Gasteiger partial charge in [-0.1, -0.05) is 12.1 Å². The molecule has 3 aromatic rings. The zero-order chi connectivity index (χ0) is 21.7. The van der Waals surface area contributed by atoms with E-state index < -0.39 is 16.2 Å². The number of nitro benzene ring substituents is 1. The van der Waals surface area contributed by atoms with Gasteiger partial charge in [0.1, 0.15) is 17.6 Å². The molecule has 0 saturated carbocycles. The number of methoxy groups -OCH3 is 1. The largest absolute Gasteiger partial charge is 0.497 e. The minimum Gasteiger partial charge on any atom is -0.497 e. The number of hydrogen-bond donors (Lipinski definition) is 1. The van der Waals surface area contributed by atoms with E-state index in [9.17, 15) is 14.9 Å². The Morgan fingerprint density at radius 2 is 1.87 bits per heavy atom. The molecule has 156 valence electrons. The molecule has 0 bridgehead atoms. The number of thioether (sulfide) groups is 1. The molecule has 2 aromatic carbocycles. The third-order valence-corrected chi connectivity index (χ3v) is 5.69. The lowest BCUT2D eigenvalue weighted by Crippen LogP contribution is -2.36. The van der Waals surface area contributed by atoms with Crippen molar-refractivity contribution in [1.29, 1.82) is 0 Å². The first-order chi connectivity index (χ1) is 14.4. The van der Waals surface area contributed by atoms with E-state index in [-0.39, 0.29) is 11.6 Å². The molecule has 0 radical (unpaired) electrons. The van der Waals surface area contributed by atoms with E-state index >= 15 is 0 Å². The fraction of sp³-hybridized carbons (Fsp3) is 0.238. The van der Waals surface area contributed by atoms with Gasteiger partial charge in [-0.15, -0.1) is 11.8 Å². The summed E-state index contributed by atoms with van der Waals surface area (Å²) in [4.78, 5) is 28.5. The highest BCUT2D eigenvalue weighted by atomic mass is 32.2. The predicted molar refractivity (Wildman–Crippen MR) is 115 cm³/mol. The highest BCUT2D eigenvalue weighted by Crippen LogP contribution is 2.28. The summed E-state index contributed by atoms with van der Waals surface area (Å²) in [5.74, 6) is 1.27. The Morgan fingerprint density at radius 3 is 2.40 bits per heavy atom. The Bertz CT molecular complexity index is 1020. The van der Waals surface area contributed by atoms with E-state index in [0.717, 1.165) is 16.2 Å². The summed E-state index contributed by atoms with van der Waals surface area (Å²) in [5, 5.41) is 13.5. The van der Waals surface area contributed by atoms with Crippen molar-refractivity contribution in [1.82, 2.24) is 14.9 Å². The molecule has 1 heterocycles. The van der Waals surface area contributed by atoms with Crippen molar-refractivity contribution in [2.75, 3.05) is 7.11 Å². The van der Waals surface area contributed by atoms with Crippen molar-refractivity contribution in [3.8, 4) is 5.75 Å². The van der Waals surface area contributed by atoms with Crippen LogP contribution in [0, 0.1) is 10.1 Å². The number of amides is 1. The molecule has 0 saturated heterocycles. The van der Waals surface area contributed by atoms with Gasteiger partial charge in [-0.2, -0.15) is 0 Å². The average molecular weight is 426 g/mol. The lowest BCUT2D eigenvalue weighted by molar-refractivity contribution is -0.384. The van der Waals surface area contributed by atoms with E-state index in [1.54, 1.807) is 32.4 Å². The van der Waals surface area contributed by atoms with Gasteiger partial charge in [0.2, 0.25) is 5.91 Å². The van der Waals surface area contributed by atoms with Gasteiger partial charge < -0.3 is 14.6 Å². The maximum atomic E-state index is 12.9. The van der Waals surface area contributed by atoms with Gasteiger partial charge in [0, 0.05) is 36.5 Å². The van der Waals surface area contributed by atoms with Crippen molar-refractivity contribution in [3.63, 3.8) is 0 Å². The molecule has 0 spiro atoms. The number of carbonyl (C=O) groups excluding carboxylic acids is 1. The van der Waals surface area contributed by atoms with Crippen LogP contribution in [0.25, 0.3) is 0 Å². The fourth-order valence-corrected chi connectivity index (χ4v) is 3.79. The van der Waals surface area contributed by atoms with Crippen LogP contribution >= 0.6 is 11.8 Å². The number of imidazole rings is 1. The van der Waals surface area contributed by atoms with E-state index in [2.05, 4.69) is 10.3 Å². The van der Waals surface area contributed by atoms with E-state index in [1.165, 1.54) is 23.9 Å². The lowest BCUT2D eigenvalue weighted by atomic mass is 10.1. The molecule has 0 aliphatic rings. The van der Waals surface area contributed by atoms with Crippen molar-refractivity contribution in [2.45, 2.75) is 23.1 Å². The first-order valence-corrected chi connectivity index (χ1v) is 10.1. The Labute approximate surface area is 178 Å². The molecule has 2 atom stereocenters. The Balaban J connectivity index is 1.76. The quantitative estimate of drug-likeness (QED) is 0.335. The van der Waals surface area contributed by atoms with Gasteiger partial charge >= 0.3 is 0 Å². The number of aryl methyl sites for hydroxylation is 1. The number of carbonyl (C=O) groups is 1. The maximum absolute atomic E-state index is 12.9. The molecule has 30 heavy (non-hydrogen) atoms. The summed E-state index contributed by atoms with van der Waals surface area (Å²) in [6.07, 6.45) is 3.51. The zero-order valence-corrected chi connectivity index (χ0v) is 17.6. The topological polar surface area (TPSA) is 99.3 Å². The summed E-state index contributed by atoms with van der Waals surface area (Å²) >= 11 is 1.33. The monoisotopic (exact) mass is 426 g/mol. The van der Waals surface area contributed by atoms with Crippen LogP contribution in [-0.4, -0.2) is 32.7 Å². The number of nitrogens with zero attached hydrogens (tertiary/aromatic N) is 3. The van der Waals surface area contributed by atoms with Crippen LogP contribution < -0.4 is 10.1 Å². The lowest BCUT2D eigenvalue weighted by Gasteiger charge is -2.21. The highest BCUT2D eigenvalue weighted by molar-refractivity contribution is 8.00. The second-order valence-corrected chi connectivity index (χ2v) is 8.04. The number of nitrogens with one attached hydrogen (secondary N) is 1. The Morgan fingerprint density at radius 1 is 1.20 bits per heavy atom. The molecule has 0 fully saturated rings. The van der Waals surface area contributed by atoms with Crippen molar-refractivity contribution in [2.24, 2.45) is 7.05 Å². The number of hydrogen-bond acceptors (Lipinski definition) is 6. The zero-order valence-electron chi connectivity index (χ0n) is 16.8. The summed E-state index contributed by atoms with van der Waals surface area (Å²) in [6.45, 7) is 1.80. The second-order valence-electron chi connectivity index (χ2n) is 6.62. The molecule has 1 N–H and O–H groups in total. The Hall–Kier alpha value is -3.33. The Kier molecular flexibility index (Phi) is 6.73. The SMILES string of the molecule is COc1ccc(C(NC(=O)C(C)Sc2ccc([N+](=O)[O-])cc2)c2nccn2C)cc1. The van der Waals surface area contributed by atoms with Gasteiger partial charge in [-0.3, -0.25) is 14.9 Å². The summed E-state index contributed by atoms with van der Waals surface area (Å²) < 4.78 is 7.08. The third kappa shape index (κ3) is 4.98. The maximum Gasteiger partial charge on any atom is 0.269 e. The second kappa shape index (κ2) is 9.45. The molecule has 0 aliphatic heterocycles. The fourth-order valence-electron chi connectivity index (χ4n) is 2.91. The standard InChI is InChI=1S/C21H22N4O4S/c1-14(30-18-10-6-16(7-11-18)25(27)28)21(26)23-19(20-22-12-13-24(20)2)15-4-8-17(29-3)9-5-15/h4-14,19H,1-3H3,(H,23,26). The number of ether oxygens (including phenoxy) is 1. The number of benzene rings is 2. The van der Waals surface area contributed by atoms with Crippen LogP contribution in [0.15, 0.2) is 65.8 Å². The van der Waals surface area contributed by atoms with Crippen LogP contribution in [0.3, 0.4) is 0 Å². The normalized spacial score (nSPS) is 12.8. The number of nitro groups is 1. The third-order valence-electron chi connectivity index (χ3n) is 4.58. The number of rotatable bonds is 8. The molecule has 8 nitrogen and oxygen atoms in total. The molecule has 3 rings (SSSR count). The van der Waals surface area contributed by atoms with Crippen LogP contribution in [-0.2, 0) is 11.8 Å². The smallest absolute Gasteiger partial charge is 0.269 e. The van der Waals surface area contributed by atoms with Crippen LogP contribution in [0.4, 0.5) is 5.69 Å². The van der Waals surface area contributed by atoms with Gasteiger partial charge in [-0.05, 0) is 36.8 Å². The van der Waals surface area contributed by atoms with Crippen LogP contribution in [0.2, 0.25) is 0 Å². The first-order valence-electron chi connectivity index (χ1n) is 9.21. The minimum absolute atomic E-state index is 0.0193. The van der Waals surface area contributed by atoms with E-state index in [4.69, 9.17) is 4.74 Å². The van der Waals surface area contributed by atoms with Gasteiger partial charge in [-0.25, -0.2) is 4.98 Å². The van der Waals surface area contributed by atoms with Crippen molar-refractivity contribution >= 4 is 23.4 Å². The summed E-state index contributed by atoms with van der Waals surface area (Å²) in [7, 11) is 3.48. The highest BCUT2D eigenvalue weighted by Gasteiger charge is 2.24. The van der Waals surface area contributed by atoms with Crippen molar-refractivity contribution in [3.05, 3.63) is 82.4 Å².